The second-order valence-corrected chi connectivity index (χ2v) is 5.13. The van der Waals surface area contributed by atoms with E-state index in [1.54, 1.807) is 6.92 Å². The Kier molecular flexibility index (Phi) is 5.80. The van der Waals surface area contributed by atoms with Gasteiger partial charge in [0.25, 0.3) is 0 Å². The molecule has 2 aliphatic rings. The number of rotatable bonds is 3. The van der Waals surface area contributed by atoms with E-state index in [4.69, 9.17) is 4.74 Å². The van der Waals surface area contributed by atoms with Gasteiger partial charge in [0, 0.05) is 11.6 Å². The molecule has 0 heterocycles. The number of methoxy groups -OCH3 is 1. The van der Waals surface area contributed by atoms with Crippen LogP contribution in [0.1, 0.15) is 32.6 Å². The van der Waals surface area contributed by atoms with Crippen molar-refractivity contribution >= 4 is 11.9 Å². The van der Waals surface area contributed by atoms with E-state index in [0.29, 0.717) is 11.5 Å². The maximum Gasteiger partial charge on any atom is 0.332 e. The van der Waals surface area contributed by atoms with Crippen molar-refractivity contribution in [3.63, 3.8) is 0 Å². The van der Waals surface area contributed by atoms with Crippen LogP contribution >= 0.6 is 0 Å². The van der Waals surface area contributed by atoms with Gasteiger partial charge in [0.15, 0.2) is 0 Å². The van der Waals surface area contributed by atoms with Crippen molar-refractivity contribution in [2.24, 2.45) is 11.8 Å². The van der Waals surface area contributed by atoms with Crippen LogP contribution in [0.3, 0.4) is 0 Å². The fraction of sp³-hybridized carbons (Fsp3) is 0.600. The van der Waals surface area contributed by atoms with Crippen LogP contribution in [-0.2, 0) is 19.1 Å². The van der Waals surface area contributed by atoms with Crippen molar-refractivity contribution < 1.29 is 19.1 Å². The monoisotopic (exact) mass is 266 g/mol. The molecule has 0 aromatic carbocycles. The Morgan fingerprint density at radius 3 is 2.26 bits per heavy atom. The molecule has 0 aromatic heterocycles. The summed E-state index contributed by atoms with van der Waals surface area (Å²) < 4.78 is 9.51. The molecule has 3 atom stereocenters. The first-order valence-corrected chi connectivity index (χ1v) is 6.54. The summed E-state index contributed by atoms with van der Waals surface area (Å²) in [6.45, 7) is 8.34. The third kappa shape index (κ3) is 4.54. The highest BCUT2D eigenvalue weighted by atomic mass is 16.5. The van der Waals surface area contributed by atoms with E-state index in [9.17, 15) is 9.59 Å². The molecule has 3 unspecified atom stereocenters. The number of carbonyl (C=O) groups excluding carboxylic acids is 2. The minimum atomic E-state index is -0.347. The van der Waals surface area contributed by atoms with Gasteiger partial charge < -0.3 is 9.47 Å². The summed E-state index contributed by atoms with van der Waals surface area (Å²) in [5.41, 5.74) is 0.433. The minimum Gasteiger partial charge on any atom is -0.466 e. The summed E-state index contributed by atoms with van der Waals surface area (Å²) in [7, 11) is 1.33. The predicted octanol–water partition coefficient (Wildman–Crippen LogP) is 2.64. The maximum absolute atomic E-state index is 10.9. The summed E-state index contributed by atoms with van der Waals surface area (Å²) in [4.78, 5) is 21.1. The summed E-state index contributed by atoms with van der Waals surface area (Å²) in [5, 5.41) is 0. The van der Waals surface area contributed by atoms with Crippen molar-refractivity contribution in [1.29, 1.82) is 0 Å². The van der Waals surface area contributed by atoms with Gasteiger partial charge in [-0.05, 0) is 44.4 Å². The Bertz CT molecular complexity index is 372. The number of hydrogen-bond acceptors (Lipinski definition) is 4. The molecule has 0 aliphatic heterocycles. The molecule has 2 rings (SSSR count). The Hall–Kier alpha value is -1.58. The Balaban J connectivity index is 0.000000224. The number of hydrogen-bond donors (Lipinski definition) is 0. The van der Waals surface area contributed by atoms with E-state index in [1.165, 1.54) is 32.4 Å². The molecule has 2 bridgehead atoms. The number of fused-ring (bicyclic) bond motifs is 2. The zero-order valence-corrected chi connectivity index (χ0v) is 11.7. The lowest BCUT2D eigenvalue weighted by Crippen LogP contribution is -2.22. The molecule has 0 radical (unpaired) electrons. The molecule has 4 nitrogen and oxygen atoms in total. The van der Waals surface area contributed by atoms with Crippen LogP contribution in [0.5, 0.6) is 0 Å². The van der Waals surface area contributed by atoms with Crippen LogP contribution in [0.15, 0.2) is 24.8 Å². The molecule has 0 spiro atoms. The van der Waals surface area contributed by atoms with Gasteiger partial charge in [-0.2, -0.15) is 0 Å². The molecule has 19 heavy (non-hydrogen) atoms. The van der Waals surface area contributed by atoms with E-state index < -0.39 is 0 Å². The first-order valence-electron chi connectivity index (χ1n) is 6.54. The second-order valence-electron chi connectivity index (χ2n) is 5.13. The molecule has 2 fully saturated rings. The molecule has 0 N–H and O–H groups in total. The molecular formula is C15H22O4. The van der Waals surface area contributed by atoms with Crippen LogP contribution in [-0.4, -0.2) is 25.2 Å². The summed E-state index contributed by atoms with van der Waals surface area (Å²) in [5.74, 6) is 0.879. The van der Waals surface area contributed by atoms with E-state index in [0.717, 1.165) is 12.3 Å². The summed E-state index contributed by atoms with van der Waals surface area (Å²) in [6.07, 6.45) is 6.41. The third-order valence-corrected chi connectivity index (χ3v) is 3.64. The van der Waals surface area contributed by atoms with Crippen molar-refractivity contribution in [3.05, 3.63) is 24.8 Å². The molecule has 2 aliphatic carbocycles. The first kappa shape index (κ1) is 15.5. The van der Waals surface area contributed by atoms with Gasteiger partial charge in [0.2, 0.25) is 0 Å². The molecule has 0 aromatic rings. The van der Waals surface area contributed by atoms with Gasteiger partial charge in [-0.25, -0.2) is 9.59 Å². The molecular weight excluding hydrogens is 244 g/mol. The zero-order chi connectivity index (χ0) is 14.4. The van der Waals surface area contributed by atoms with Gasteiger partial charge in [-0.3, -0.25) is 0 Å². The van der Waals surface area contributed by atoms with Crippen molar-refractivity contribution in [1.82, 2.24) is 0 Å². The molecule has 0 saturated heterocycles. The van der Waals surface area contributed by atoms with E-state index in [1.807, 2.05) is 0 Å². The Labute approximate surface area is 114 Å². The number of carbonyl (C=O) groups is 2. The third-order valence-electron chi connectivity index (χ3n) is 3.64. The van der Waals surface area contributed by atoms with Gasteiger partial charge in [-0.15, -0.1) is 0 Å². The van der Waals surface area contributed by atoms with Gasteiger partial charge >= 0.3 is 11.9 Å². The fourth-order valence-electron chi connectivity index (χ4n) is 2.70. The Morgan fingerprint density at radius 1 is 1.26 bits per heavy atom. The van der Waals surface area contributed by atoms with Crippen LogP contribution < -0.4 is 0 Å². The average Bonchev–Trinajstić information content (AvgIpc) is 3.00. The molecule has 4 heteroatoms. The number of esters is 2. The SMILES string of the molecule is C=C(C)C(=O)OC.C=CC(=O)OC1CC2CCC1C2. The van der Waals surface area contributed by atoms with Crippen LogP contribution in [0.25, 0.3) is 0 Å². The average molecular weight is 266 g/mol. The van der Waals surface area contributed by atoms with Crippen molar-refractivity contribution in [2.75, 3.05) is 7.11 Å². The predicted molar refractivity (Wildman–Crippen MR) is 72.4 cm³/mol. The highest BCUT2D eigenvalue weighted by Gasteiger charge is 2.41. The van der Waals surface area contributed by atoms with E-state index in [2.05, 4.69) is 17.9 Å². The first-order chi connectivity index (χ1) is 8.97. The lowest BCUT2D eigenvalue weighted by molar-refractivity contribution is -0.145. The zero-order valence-electron chi connectivity index (χ0n) is 11.7. The van der Waals surface area contributed by atoms with Crippen LogP contribution in [0.2, 0.25) is 0 Å². The smallest absolute Gasteiger partial charge is 0.332 e. The van der Waals surface area contributed by atoms with Gasteiger partial charge in [-0.1, -0.05) is 13.2 Å². The van der Waals surface area contributed by atoms with Crippen molar-refractivity contribution in [3.8, 4) is 0 Å². The standard InChI is InChI=1S/C10H14O2.C5H8O2/c1-2-10(11)12-9-6-7-3-4-8(9)5-7;1-4(2)5(6)7-3/h2,7-9H,1,3-6H2;1H2,2-3H3. The highest BCUT2D eigenvalue weighted by Crippen LogP contribution is 2.45. The topological polar surface area (TPSA) is 52.6 Å². The second kappa shape index (κ2) is 7.12. The maximum atomic E-state index is 10.9. The quantitative estimate of drug-likeness (QED) is 0.582. The van der Waals surface area contributed by atoms with Crippen LogP contribution in [0, 0.1) is 11.8 Å². The molecule has 0 amide bonds. The normalized spacial score (nSPS) is 26.9. The minimum absolute atomic E-state index is 0.203. The van der Waals surface area contributed by atoms with Gasteiger partial charge in [0.1, 0.15) is 6.10 Å². The Morgan fingerprint density at radius 2 is 1.95 bits per heavy atom. The molecule has 2 saturated carbocycles. The molecule has 106 valence electrons. The summed E-state index contributed by atoms with van der Waals surface area (Å²) in [6, 6.07) is 0. The van der Waals surface area contributed by atoms with Gasteiger partial charge in [0.05, 0.1) is 7.11 Å². The largest absolute Gasteiger partial charge is 0.466 e. The summed E-state index contributed by atoms with van der Waals surface area (Å²) >= 11 is 0. The number of ether oxygens (including phenoxy) is 2. The lowest BCUT2D eigenvalue weighted by Gasteiger charge is -2.20. The van der Waals surface area contributed by atoms with Crippen molar-refractivity contribution in [2.45, 2.75) is 38.7 Å². The van der Waals surface area contributed by atoms with E-state index in [-0.39, 0.29) is 18.0 Å². The lowest BCUT2D eigenvalue weighted by atomic mass is 9.98. The fourth-order valence-corrected chi connectivity index (χ4v) is 2.70. The highest BCUT2D eigenvalue weighted by molar-refractivity contribution is 5.86. The van der Waals surface area contributed by atoms with E-state index >= 15 is 0 Å². The van der Waals surface area contributed by atoms with Crippen LogP contribution in [0.4, 0.5) is 0 Å².